The largest absolute Gasteiger partial charge is 0.345 e. The van der Waals surface area contributed by atoms with Gasteiger partial charge >= 0.3 is 0 Å². The zero-order chi connectivity index (χ0) is 19.7. The van der Waals surface area contributed by atoms with E-state index in [-0.39, 0.29) is 16.3 Å². The minimum Gasteiger partial charge on any atom is -0.345 e. The molecule has 8 heteroatoms. The van der Waals surface area contributed by atoms with Crippen LogP contribution in [0.25, 0.3) is 33.6 Å². The highest BCUT2D eigenvalue weighted by atomic mass is 35.5. The average Bonchev–Trinajstić information content (AvgIpc) is 3.23. The maximum atomic E-state index is 11.6. The van der Waals surface area contributed by atoms with E-state index in [1.54, 1.807) is 36.7 Å². The Labute approximate surface area is 170 Å². The second-order valence-corrected chi connectivity index (χ2v) is 6.83. The first-order chi connectivity index (χ1) is 13.5. The van der Waals surface area contributed by atoms with E-state index in [0.717, 1.165) is 11.1 Å². The van der Waals surface area contributed by atoms with E-state index in [1.165, 1.54) is 12.4 Å². The first kappa shape index (κ1) is 18.2. The van der Waals surface area contributed by atoms with E-state index in [1.807, 2.05) is 18.2 Å². The predicted octanol–water partition coefficient (Wildman–Crippen LogP) is 6.02. The van der Waals surface area contributed by atoms with Crippen molar-refractivity contribution >= 4 is 28.9 Å². The van der Waals surface area contributed by atoms with Gasteiger partial charge in [-0.2, -0.15) is 0 Å². The van der Waals surface area contributed by atoms with Crippen LogP contribution in [0.15, 0.2) is 67.3 Å². The summed E-state index contributed by atoms with van der Waals surface area (Å²) in [6.45, 7) is 0. The Bertz CT molecular complexity index is 1160. The molecule has 138 valence electrons. The molecule has 0 fully saturated rings. The Balaban J connectivity index is 1.97. The Kier molecular flexibility index (Phi) is 4.81. The number of imidazole rings is 1. The molecular formula is C20H12Cl2N4O2. The standard InChI is InChI=1S/C20H12Cl2N4O2/c21-14-6-4-12(5-7-14)13-8-15(17-10-23-11-25-17)20(24-9-13)19-16(22)2-1-3-18(19)26(27)28/h1-11H,(H,23,25). The molecule has 0 radical (unpaired) electrons. The molecule has 4 rings (SSSR count). The lowest BCUT2D eigenvalue weighted by Gasteiger charge is -2.12. The Morgan fingerprint density at radius 2 is 1.79 bits per heavy atom. The number of halogens is 2. The molecule has 0 spiro atoms. The van der Waals surface area contributed by atoms with Gasteiger partial charge < -0.3 is 4.98 Å². The molecule has 4 aromatic rings. The van der Waals surface area contributed by atoms with E-state index in [2.05, 4.69) is 15.0 Å². The summed E-state index contributed by atoms with van der Waals surface area (Å²) in [5.41, 5.74) is 3.63. The molecule has 0 atom stereocenters. The number of nitrogens with one attached hydrogen (secondary N) is 1. The van der Waals surface area contributed by atoms with Crippen LogP contribution >= 0.6 is 23.2 Å². The molecule has 2 aromatic carbocycles. The molecule has 0 amide bonds. The number of benzene rings is 2. The van der Waals surface area contributed by atoms with Gasteiger partial charge in [0.25, 0.3) is 5.69 Å². The third-order valence-corrected chi connectivity index (χ3v) is 4.85. The molecule has 0 bridgehead atoms. The van der Waals surface area contributed by atoms with Gasteiger partial charge in [-0.25, -0.2) is 4.98 Å². The van der Waals surface area contributed by atoms with Gasteiger partial charge in [-0.05, 0) is 29.8 Å². The highest BCUT2D eigenvalue weighted by Crippen LogP contribution is 2.41. The SMILES string of the molecule is O=[N+]([O-])c1cccc(Cl)c1-c1ncc(-c2ccc(Cl)cc2)cc1-c1cnc[nH]1. The molecule has 0 aliphatic rings. The summed E-state index contributed by atoms with van der Waals surface area (Å²) in [7, 11) is 0. The van der Waals surface area contributed by atoms with Gasteiger partial charge in [0.2, 0.25) is 0 Å². The van der Waals surface area contributed by atoms with E-state index in [4.69, 9.17) is 23.2 Å². The molecule has 2 aromatic heterocycles. The van der Waals surface area contributed by atoms with E-state index in [9.17, 15) is 10.1 Å². The van der Waals surface area contributed by atoms with Gasteiger partial charge in [0, 0.05) is 28.4 Å². The van der Waals surface area contributed by atoms with Crippen molar-refractivity contribution in [2.45, 2.75) is 0 Å². The number of hydrogen-bond donors (Lipinski definition) is 1. The van der Waals surface area contributed by atoms with E-state index >= 15 is 0 Å². The lowest BCUT2D eigenvalue weighted by Crippen LogP contribution is -1.97. The summed E-state index contributed by atoms with van der Waals surface area (Å²) in [6, 6.07) is 13.8. The van der Waals surface area contributed by atoms with Crippen LogP contribution < -0.4 is 0 Å². The second-order valence-electron chi connectivity index (χ2n) is 5.98. The van der Waals surface area contributed by atoms with Crippen molar-refractivity contribution in [3.8, 4) is 33.6 Å². The summed E-state index contributed by atoms with van der Waals surface area (Å²) < 4.78 is 0. The molecule has 0 unspecified atom stereocenters. The molecule has 2 heterocycles. The highest BCUT2D eigenvalue weighted by molar-refractivity contribution is 6.34. The number of aromatic amines is 1. The number of hydrogen-bond acceptors (Lipinski definition) is 4. The van der Waals surface area contributed by atoms with Crippen LogP contribution in [0.1, 0.15) is 0 Å². The lowest BCUT2D eigenvalue weighted by atomic mass is 9.98. The maximum Gasteiger partial charge on any atom is 0.280 e. The number of nitrogens with zero attached hydrogens (tertiary/aromatic N) is 3. The van der Waals surface area contributed by atoms with Crippen molar-refractivity contribution in [2.24, 2.45) is 0 Å². The van der Waals surface area contributed by atoms with Crippen LogP contribution in [-0.2, 0) is 0 Å². The molecule has 6 nitrogen and oxygen atoms in total. The summed E-state index contributed by atoms with van der Waals surface area (Å²) >= 11 is 12.3. The van der Waals surface area contributed by atoms with Gasteiger partial charge in [-0.15, -0.1) is 0 Å². The van der Waals surface area contributed by atoms with Gasteiger partial charge in [0.15, 0.2) is 0 Å². The van der Waals surface area contributed by atoms with Crippen molar-refractivity contribution in [3.05, 3.63) is 87.4 Å². The number of rotatable bonds is 4. The summed E-state index contributed by atoms with van der Waals surface area (Å²) in [5.74, 6) is 0. The van der Waals surface area contributed by atoms with Crippen molar-refractivity contribution < 1.29 is 4.92 Å². The van der Waals surface area contributed by atoms with Gasteiger partial charge in [-0.3, -0.25) is 15.1 Å². The van der Waals surface area contributed by atoms with Gasteiger partial charge in [0.1, 0.15) is 0 Å². The minimum atomic E-state index is -0.466. The van der Waals surface area contributed by atoms with Crippen LogP contribution in [0.4, 0.5) is 5.69 Å². The third kappa shape index (κ3) is 3.35. The molecule has 0 aliphatic heterocycles. The summed E-state index contributed by atoms with van der Waals surface area (Å²) in [5, 5.41) is 12.4. The predicted molar refractivity (Wildman–Crippen MR) is 109 cm³/mol. The van der Waals surface area contributed by atoms with Crippen LogP contribution in [0.5, 0.6) is 0 Å². The van der Waals surface area contributed by atoms with Crippen LogP contribution in [0.2, 0.25) is 10.0 Å². The summed E-state index contributed by atoms with van der Waals surface area (Å²) in [6.07, 6.45) is 4.83. The Morgan fingerprint density at radius 1 is 1.00 bits per heavy atom. The first-order valence-corrected chi connectivity index (χ1v) is 8.98. The van der Waals surface area contributed by atoms with Crippen molar-refractivity contribution in [1.29, 1.82) is 0 Å². The number of H-pyrrole nitrogens is 1. The maximum absolute atomic E-state index is 11.6. The van der Waals surface area contributed by atoms with Crippen LogP contribution in [0, 0.1) is 10.1 Å². The van der Waals surface area contributed by atoms with E-state index < -0.39 is 4.92 Å². The van der Waals surface area contributed by atoms with E-state index in [0.29, 0.717) is 22.0 Å². The summed E-state index contributed by atoms with van der Waals surface area (Å²) in [4.78, 5) is 22.7. The fourth-order valence-electron chi connectivity index (χ4n) is 2.97. The van der Waals surface area contributed by atoms with Gasteiger partial charge in [-0.1, -0.05) is 41.4 Å². The number of aromatic nitrogens is 3. The van der Waals surface area contributed by atoms with Crippen molar-refractivity contribution in [1.82, 2.24) is 15.0 Å². The van der Waals surface area contributed by atoms with Crippen LogP contribution in [-0.4, -0.2) is 19.9 Å². The van der Waals surface area contributed by atoms with Crippen LogP contribution in [0.3, 0.4) is 0 Å². The minimum absolute atomic E-state index is 0.111. The number of nitro benzene ring substituents is 1. The molecule has 1 N–H and O–H groups in total. The Hall–Kier alpha value is -3.22. The number of nitro groups is 1. The second kappa shape index (κ2) is 7.42. The lowest BCUT2D eigenvalue weighted by molar-refractivity contribution is -0.384. The van der Waals surface area contributed by atoms with Crippen molar-refractivity contribution in [2.75, 3.05) is 0 Å². The normalized spacial score (nSPS) is 10.8. The average molecular weight is 411 g/mol. The Morgan fingerprint density at radius 3 is 2.46 bits per heavy atom. The highest BCUT2D eigenvalue weighted by Gasteiger charge is 2.23. The monoisotopic (exact) mass is 410 g/mol. The quantitative estimate of drug-likeness (QED) is 0.329. The van der Waals surface area contributed by atoms with Gasteiger partial charge in [0.05, 0.1) is 39.4 Å². The molecule has 0 aliphatic carbocycles. The molecule has 0 saturated carbocycles. The molecule has 28 heavy (non-hydrogen) atoms. The number of pyridine rings is 1. The third-order valence-electron chi connectivity index (χ3n) is 4.28. The smallest absolute Gasteiger partial charge is 0.280 e. The fourth-order valence-corrected chi connectivity index (χ4v) is 3.36. The topological polar surface area (TPSA) is 84.7 Å². The first-order valence-electron chi connectivity index (χ1n) is 8.22. The molecule has 0 saturated heterocycles. The zero-order valence-corrected chi connectivity index (χ0v) is 15.8. The zero-order valence-electron chi connectivity index (χ0n) is 14.3. The van der Waals surface area contributed by atoms with Crippen molar-refractivity contribution in [3.63, 3.8) is 0 Å². The molecular weight excluding hydrogens is 399 g/mol. The fraction of sp³-hybridized carbons (Fsp3) is 0.